The van der Waals surface area contributed by atoms with Gasteiger partial charge in [0.2, 0.25) is 5.91 Å². The van der Waals surface area contributed by atoms with Gasteiger partial charge >= 0.3 is 0 Å². The van der Waals surface area contributed by atoms with Gasteiger partial charge in [0.1, 0.15) is 0 Å². The highest BCUT2D eigenvalue weighted by Gasteiger charge is 2.28. The van der Waals surface area contributed by atoms with E-state index in [0.717, 1.165) is 51.8 Å². The number of likely N-dealkylation sites (tertiary alicyclic amines) is 1. The molecule has 1 amide bonds. The SMILES string of the molecule is CN=C(NCC(C)SC)N1CCN(CC(=O)N2CC(C)CC(C)C2)CC1. The molecule has 150 valence electrons. The fourth-order valence-corrected chi connectivity index (χ4v) is 4.18. The summed E-state index contributed by atoms with van der Waals surface area (Å²) < 4.78 is 0. The molecule has 0 aromatic carbocycles. The minimum atomic E-state index is 0.299. The maximum Gasteiger partial charge on any atom is 0.236 e. The fraction of sp³-hybridized carbons (Fsp3) is 0.895. The van der Waals surface area contributed by atoms with Crippen LogP contribution in [0.4, 0.5) is 0 Å². The molecule has 1 N–H and O–H groups in total. The third-order valence-electron chi connectivity index (χ3n) is 5.41. The van der Waals surface area contributed by atoms with E-state index in [2.05, 4.69) is 52.0 Å². The molecule has 7 heteroatoms. The van der Waals surface area contributed by atoms with Crippen molar-refractivity contribution in [2.45, 2.75) is 32.4 Å². The lowest BCUT2D eigenvalue weighted by Crippen LogP contribution is -2.55. The third-order valence-corrected chi connectivity index (χ3v) is 6.39. The standard InChI is InChI=1S/C19H37N5OS/c1-15-10-16(2)13-24(12-15)18(25)14-22-6-8-23(9-7-22)19(20-4)21-11-17(3)26-5/h15-17H,6-14H2,1-5H3,(H,20,21). The highest BCUT2D eigenvalue weighted by atomic mass is 32.2. The van der Waals surface area contributed by atoms with Crippen LogP contribution in [-0.2, 0) is 4.79 Å². The number of nitrogens with one attached hydrogen (secondary N) is 1. The number of hydrogen-bond acceptors (Lipinski definition) is 4. The Labute approximate surface area is 163 Å². The number of guanidine groups is 1. The van der Waals surface area contributed by atoms with Crippen molar-refractivity contribution < 1.29 is 4.79 Å². The summed E-state index contributed by atoms with van der Waals surface area (Å²) >= 11 is 1.86. The number of carbonyl (C=O) groups excluding carboxylic acids is 1. The second-order valence-electron chi connectivity index (χ2n) is 7.98. The zero-order valence-corrected chi connectivity index (χ0v) is 18.0. The summed E-state index contributed by atoms with van der Waals surface area (Å²) in [7, 11) is 1.85. The van der Waals surface area contributed by atoms with Crippen molar-refractivity contribution in [3.63, 3.8) is 0 Å². The molecule has 6 nitrogen and oxygen atoms in total. The van der Waals surface area contributed by atoms with Gasteiger partial charge in [0, 0.05) is 58.1 Å². The number of amides is 1. The third kappa shape index (κ3) is 6.34. The second kappa shape index (κ2) is 10.4. The predicted molar refractivity (Wildman–Crippen MR) is 112 cm³/mol. The minimum absolute atomic E-state index is 0.299. The highest BCUT2D eigenvalue weighted by Crippen LogP contribution is 2.21. The van der Waals surface area contributed by atoms with Gasteiger partial charge in [0.05, 0.1) is 6.54 Å². The van der Waals surface area contributed by atoms with Gasteiger partial charge in [-0.25, -0.2) is 0 Å². The molecule has 26 heavy (non-hydrogen) atoms. The van der Waals surface area contributed by atoms with Gasteiger partial charge in [-0.1, -0.05) is 20.8 Å². The average Bonchev–Trinajstić information content (AvgIpc) is 2.62. The van der Waals surface area contributed by atoms with Crippen LogP contribution >= 0.6 is 11.8 Å². The molecule has 2 fully saturated rings. The van der Waals surface area contributed by atoms with E-state index >= 15 is 0 Å². The maximum atomic E-state index is 12.7. The predicted octanol–water partition coefficient (Wildman–Crippen LogP) is 1.44. The molecule has 2 aliphatic heterocycles. The van der Waals surface area contributed by atoms with E-state index in [1.165, 1.54) is 6.42 Å². The minimum Gasteiger partial charge on any atom is -0.355 e. The zero-order chi connectivity index (χ0) is 19.1. The molecule has 2 rings (SSSR count). The number of hydrogen-bond donors (Lipinski definition) is 1. The summed E-state index contributed by atoms with van der Waals surface area (Å²) in [5.41, 5.74) is 0. The van der Waals surface area contributed by atoms with Crippen LogP contribution in [0.1, 0.15) is 27.2 Å². The molecule has 0 aromatic rings. The first kappa shape index (κ1) is 21.4. The number of nitrogens with zero attached hydrogens (tertiary/aromatic N) is 4. The first-order valence-electron chi connectivity index (χ1n) is 9.91. The summed E-state index contributed by atoms with van der Waals surface area (Å²) in [4.78, 5) is 23.8. The lowest BCUT2D eigenvalue weighted by molar-refractivity contribution is -0.135. The van der Waals surface area contributed by atoms with Crippen LogP contribution < -0.4 is 5.32 Å². The highest BCUT2D eigenvalue weighted by molar-refractivity contribution is 7.99. The summed E-state index contributed by atoms with van der Waals surface area (Å²) in [6, 6.07) is 0. The molecule has 0 bridgehead atoms. The quantitative estimate of drug-likeness (QED) is 0.575. The van der Waals surface area contributed by atoms with Crippen LogP contribution in [0.5, 0.6) is 0 Å². The topological polar surface area (TPSA) is 51.2 Å². The van der Waals surface area contributed by atoms with Crippen LogP contribution in [0.2, 0.25) is 0 Å². The van der Waals surface area contributed by atoms with Gasteiger partial charge in [0.15, 0.2) is 5.96 Å². The van der Waals surface area contributed by atoms with Crippen LogP contribution in [0, 0.1) is 11.8 Å². The Kier molecular flexibility index (Phi) is 8.54. The maximum absolute atomic E-state index is 12.7. The van der Waals surface area contributed by atoms with Crippen molar-refractivity contribution in [2.75, 3.05) is 65.7 Å². The van der Waals surface area contributed by atoms with Crippen LogP contribution in [-0.4, -0.2) is 97.5 Å². The van der Waals surface area contributed by atoms with Gasteiger partial charge in [-0.15, -0.1) is 0 Å². The molecule has 3 atom stereocenters. The smallest absolute Gasteiger partial charge is 0.236 e. The Bertz CT molecular complexity index is 469. The first-order chi connectivity index (χ1) is 12.4. The second-order valence-corrected chi connectivity index (χ2v) is 9.26. The molecular weight excluding hydrogens is 346 g/mol. The Balaban J connectivity index is 1.76. The Hall–Kier alpha value is -0.950. The van der Waals surface area contributed by atoms with E-state index in [1.54, 1.807) is 0 Å². The van der Waals surface area contributed by atoms with Crippen molar-refractivity contribution in [3.05, 3.63) is 0 Å². The number of piperidine rings is 1. The summed E-state index contributed by atoms with van der Waals surface area (Å²) in [5, 5.41) is 4.04. The van der Waals surface area contributed by atoms with E-state index in [0.29, 0.717) is 29.5 Å². The molecule has 0 aliphatic carbocycles. The summed E-state index contributed by atoms with van der Waals surface area (Å²) in [6.45, 7) is 13.8. The Morgan fingerprint density at radius 2 is 1.77 bits per heavy atom. The van der Waals surface area contributed by atoms with Crippen LogP contribution in [0.15, 0.2) is 4.99 Å². The van der Waals surface area contributed by atoms with E-state index in [1.807, 2.05) is 18.8 Å². The Morgan fingerprint density at radius 1 is 1.15 bits per heavy atom. The monoisotopic (exact) mass is 383 g/mol. The largest absolute Gasteiger partial charge is 0.355 e. The number of thioether (sulfide) groups is 1. The molecule has 3 unspecified atom stereocenters. The zero-order valence-electron chi connectivity index (χ0n) is 17.2. The molecule has 2 aliphatic rings. The number of rotatable bonds is 5. The van der Waals surface area contributed by atoms with E-state index in [-0.39, 0.29) is 0 Å². The van der Waals surface area contributed by atoms with E-state index in [4.69, 9.17) is 0 Å². The number of piperazine rings is 1. The molecule has 0 aromatic heterocycles. The molecule has 0 saturated carbocycles. The van der Waals surface area contributed by atoms with Crippen molar-refractivity contribution >= 4 is 23.6 Å². The number of carbonyl (C=O) groups is 1. The van der Waals surface area contributed by atoms with Gasteiger partial charge in [-0.2, -0.15) is 11.8 Å². The van der Waals surface area contributed by atoms with Gasteiger partial charge < -0.3 is 15.1 Å². The van der Waals surface area contributed by atoms with Crippen molar-refractivity contribution in [1.82, 2.24) is 20.0 Å². The lowest BCUT2D eigenvalue weighted by atomic mass is 9.92. The molecule has 0 spiro atoms. The van der Waals surface area contributed by atoms with E-state index in [9.17, 15) is 4.79 Å². The van der Waals surface area contributed by atoms with Crippen molar-refractivity contribution in [2.24, 2.45) is 16.8 Å². The fourth-order valence-electron chi connectivity index (χ4n) is 3.93. The molecular formula is C19H37N5OS. The molecule has 0 radical (unpaired) electrons. The summed E-state index contributed by atoms with van der Waals surface area (Å²) in [6.07, 6.45) is 3.37. The van der Waals surface area contributed by atoms with Crippen molar-refractivity contribution in [3.8, 4) is 0 Å². The molecule has 2 saturated heterocycles. The van der Waals surface area contributed by atoms with Crippen LogP contribution in [0.25, 0.3) is 0 Å². The Morgan fingerprint density at radius 3 is 2.31 bits per heavy atom. The normalized spacial score (nSPS) is 26.7. The van der Waals surface area contributed by atoms with E-state index < -0.39 is 0 Å². The van der Waals surface area contributed by atoms with Gasteiger partial charge in [-0.3, -0.25) is 14.7 Å². The van der Waals surface area contributed by atoms with Gasteiger partial charge in [-0.05, 0) is 24.5 Å². The summed E-state index contributed by atoms with van der Waals surface area (Å²) in [5.74, 6) is 2.53. The molecule has 2 heterocycles. The first-order valence-corrected chi connectivity index (χ1v) is 11.2. The average molecular weight is 384 g/mol. The lowest BCUT2D eigenvalue weighted by Gasteiger charge is -2.39. The van der Waals surface area contributed by atoms with Crippen molar-refractivity contribution in [1.29, 1.82) is 0 Å². The van der Waals surface area contributed by atoms with Gasteiger partial charge in [0.25, 0.3) is 0 Å². The number of aliphatic imine (C=N–C) groups is 1. The van der Waals surface area contributed by atoms with Crippen LogP contribution in [0.3, 0.4) is 0 Å².